The topological polar surface area (TPSA) is 72.6 Å². The Balaban J connectivity index is 1.96. The molecule has 0 spiro atoms. The van der Waals surface area contributed by atoms with Crippen molar-refractivity contribution in [2.24, 2.45) is 5.92 Å². The van der Waals surface area contributed by atoms with Crippen molar-refractivity contribution >= 4 is 17.5 Å². The van der Waals surface area contributed by atoms with Gasteiger partial charge in [-0.2, -0.15) is 0 Å². The van der Waals surface area contributed by atoms with Crippen LogP contribution in [0.1, 0.15) is 34.1 Å². The first kappa shape index (κ1) is 12.2. The van der Waals surface area contributed by atoms with Crippen LogP contribution in [0.5, 0.6) is 0 Å². The van der Waals surface area contributed by atoms with E-state index in [1.165, 1.54) is 4.90 Å². The number of fused-ring (bicyclic) bond motifs is 1. The summed E-state index contributed by atoms with van der Waals surface area (Å²) in [5, 5.41) is 0. The van der Waals surface area contributed by atoms with Crippen molar-refractivity contribution in [3.05, 3.63) is 29.3 Å². The van der Waals surface area contributed by atoms with Crippen LogP contribution in [0, 0.1) is 5.92 Å². The van der Waals surface area contributed by atoms with Crippen molar-refractivity contribution in [2.45, 2.75) is 19.4 Å². The smallest absolute Gasteiger partial charge is 0.263 e. The van der Waals surface area contributed by atoms with Gasteiger partial charge in [-0.25, -0.2) is 0 Å². The lowest BCUT2D eigenvalue weighted by Crippen LogP contribution is -2.42. The van der Waals surface area contributed by atoms with E-state index in [0.717, 1.165) is 6.42 Å². The third kappa shape index (κ3) is 1.73. The molecule has 2 amide bonds. The first-order chi connectivity index (χ1) is 9.11. The van der Waals surface area contributed by atoms with Crippen LogP contribution in [0.25, 0.3) is 0 Å². The van der Waals surface area contributed by atoms with E-state index in [-0.39, 0.29) is 23.8 Å². The van der Waals surface area contributed by atoms with E-state index in [0.29, 0.717) is 30.0 Å². The van der Waals surface area contributed by atoms with E-state index in [4.69, 9.17) is 10.5 Å². The zero-order chi connectivity index (χ0) is 13.6. The van der Waals surface area contributed by atoms with Gasteiger partial charge in [-0.15, -0.1) is 0 Å². The molecule has 5 nitrogen and oxygen atoms in total. The Kier molecular flexibility index (Phi) is 2.78. The largest absolute Gasteiger partial charge is 0.398 e. The molecule has 2 heterocycles. The van der Waals surface area contributed by atoms with Gasteiger partial charge in [0.2, 0.25) is 0 Å². The molecule has 0 aromatic heterocycles. The lowest BCUT2D eigenvalue weighted by molar-refractivity contribution is 0.0535. The first-order valence-electron chi connectivity index (χ1n) is 6.45. The van der Waals surface area contributed by atoms with Crippen molar-refractivity contribution in [2.75, 3.05) is 18.9 Å². The second-order valence-electron chi connectivity index (χ2n) is 5.11. The van der Waals surface area contributed by atoms with Gasteiger partial charge in [0.15, 0.2) is 0 Å². The Morgan fingerprint density at radius 3 is 2.79 bits per heavy atom. The maximum Gasteiger partial charge on any atom is 0.263 e. The molecule has 2 unspecified atom stereocenters. The summed E-state index contributed by atoms with van der Waals surface area (Å²) in [5.41, 5.74) is 6.94. The van der Waals surface area contributed by atoms with Crippen LogP contribution in [0.3, 0.4) is 0 Å². The normalized spacial score (nSPS) is 23.8. The third-order valence-corrected chi connectivity index (χ3v) is 4.03. The van der Waals surface area contributed by atoms with Crippen LogP contribution in [0.15, 0.2) is 18.2 Å². The average Bonchev–Trinajstić information content (AvgIpc) is 2.98. The molecule has 1 saturated heterocycles. The fourth-order valence-corrected chi connectivity index (χ4v) is 2.84. The van der Waals surface area contributed by atoms with Gasteiger partial charge in [0.1, 0.15) is 0 Å². The number of hydrogen-bond donors (Lipinski definition) is 1. The molecular weight excluding hydrogens is 244 g/mol. The highest BCUT2D eigenvalue weighted by Gasteiger charge is 2.42. The van der Waals surface area contributed by atoms with Crippen molar-refractivity contribution < 1.29 is 14.3 Å². The predicted octanol–water partition coefficient (Wildman–Crippen LogP) is 1.29. The molecule has 0 saturated carbocycles. The summed E-state index contributed by atoms with van der Waals surface area (Å²) in [4.78, 5) is 26.1. The number of rotatable bonds is 2. The summed E-state index contributed by atoms with van der Waals surface area (Å²) in [5.74, 6) is -0.312. The molecule has 2 aliphatic rings. The third-order valence-electron chi connectivity index (χ3n) is 4.03. The predicted molar refractivity (Wildman–Crippen MR) is 69.7 cm³/mol. The van der Waals surface area contributed by atoms with Gasteiger partial charge < -0.3 is 10.5 Å². The molecule has 1 aromatic carbocycles. The van der Waals surface area contributed by atoms with E-state index < -0.39 is 0 Å². The highest BCUT2D eigenvalue weighted by Crippen LogP contribution is 2.32. The zero-order valence-electron chi connectivity index (χ0n) is 10.8. The van der Waals surface area contributed by atoms with Crippen molar-refractivity contribution in [1.82, 2.24) is 4.90 Å². The lowest BCUT2D eigenvalue weighted by Gasteiger charge is -2.26. The van der Waals surface area contributed by atoms with Gasteiger partial charge in [0.05, 0.1) is 17.7 Å². The Morgan fingerprint density at radius 2 is 2.16 bits per heavy atom. The Bertz CT molecular complexity index is 550. The van der Waals surface area contributed by atoms with Crippen molar-refractivity contribution in [3.63, 3.8) is 0 Å². The summed E-state index contributed by atoms with van der Waals surface area (Å²) in [6, 6.07) is 4.85. The second-order valence-corrected chi connectivity index (χ2v) is 5.11. The van der Waals surface area contributed by atoms with Gasteiger partial charge in [-0.05, 0) is 25.5 Å². The molecule has 2 aliphatic heterocycles. The van der Waals surface area contributed by atoms with Crippen molar-refractivity contribution in [3.8, 4) is 0 Å². The van der Waals surface area contributed by atoms with Gasteiger partial charge >= 0.3 is 0 Å². The summed E-state index contributed by atoms with van der Waals surface area (Å²) in [7, 11) is 0. The van der Waals surface area contributed by atoms with E-state index in [1.54, 1.807) is 18.2 Å². The zero-order valence-corrected chi connectivity index (χ0v) is 10.8. The van der Waals surface area contributed by atoms with Crippen LogP contribution in [-0.2, 0) is 4.74 Å². The van der Waals surface area contributed by atoms with Crippen LogP contribution < -0.4 is 5.73 Å². The van der Waals surface area contributed by atoms with Crippen LogP contribution in [-0.4, -0.2) is 36.0 Å². The number of benzene rings is 1. The maximum absolute atomic E-state index is 12.4. The van der Waals surface area contributed by atoms with Gasteiger partial charge in [0.25, 0.3) is 11.8 Å². The molecule has 2 atom stereocenters. The van der Waals surface area contributed by atoms with Gasteiger partial charge in [-0.3, -0.25) is 14.5 Å². The molecule has 5 heteroatoms. The molecule has 0 radical (unpaired) electrons. The minimum Gasteiger partial charge on any atom is -0.398 e. The van der Waals surface area contributed by atoms with Crippen molar-refractivity contribution in [1.29, 1.82) is 0 Å². The Hall–Kier alpha value is -1.88. The number of hydrogen-bond acceptors (Lipinski definition) is 4. The molecule has 1 aromatic rings. The van der Waals surface area contributed by atoms with Gasteiger partial charge in [0, 0.05) is 24.3 Å². The number of ether oxygens (including phenoxy) is 1. The monoisotopic (exact) mass is 260 g/mol. The molecular formula is C14H16N2O3. The van der Waals surface area contributed by atoms with E-state index >= 15 is 0 Å². The van der Waals surface area contributed by atoms with E-state index in [1.807, 2.05) is 6.92 Å². The molecule has 0 aliphatic carbocycles. The van der Waals surface area contributed by atoms with Crippen LogP contribution >= 0.6 is 0 Å². The molecule has 19 heavy (non-hydrogen) atoms. The molecule has 100 valence electrons. The number of imide groups is 1. The Labute approximate surface area is 111 Å². The van der Waals surface area contributed by atoms with Crippen LogP contribution in [0.4, 0.5) is 5.69 Å². The molecule has 1 fully saturated rings. The highest BCUT2D eigenvalue weighted by atomic mass is 16.5. The quantitative estimate of drug-likeness (QED) is 0.642. The minimum atomic E-state index is -0.280. The summed E-state index contributed by atoms with van der Waals surface area (Å²) in [6.45, 7) is 3.20. The van der Waals surface area contributed by atoms with Crippen LogP contribution in [0.2, 0.25) is 0 Å². The highest BCUT2D eigenvalue weighted by molar-refractivity contribution is 6.23. The Morgan fingerprint density at radius 1 is 1.37 bits per heavy atom. The molecule has 2 N–H and O–H groups in total. The summed E-state index contributed by atoms with van der Waals surface area (Å²) >= 11 is 0. The number of nitrogen functional groups attached to an aromatic ring is 1. The standard InChI is InChI=1S/C14H16N2O3/c1-8(9-5-6-19-7-9)16-13(17)10-3-2-4-11(15)12(10)14(16)18/h2-4,8-9H,5-7,15H2,1H3. The number of nitrogens with two attached hydrogens (primary N) is 1. The fourth-order valence-electron chi connectivity index (χ4n) is 2.84. The average molecular weight is 260 g/mol. The summed E-state index contributed by atoms with van der Waals surface area (Å²) in [6.07, 6.45) is 0.879. The van der Waals surface area contributed by atoms with E-state index in [9.17, 15) is 9.59 Å². The minimum absolute atomic E-state index is 0.158. The SMILES string of the molecule is CC(C1CCOC1)N1C(=O)c2cccc(N)c2C1=O. The number of carbonyl (C=O) groups is 2. The van der Waals surface area contributed by atoms with Gasteiger partial charge in [-0.1, -0.05) is 6.07 Å². The number of carbonyl (C=O) groups excluding carboxylic acids is 2. The number of nitrogens with zero attached hydrogens (tertiary/aromatic N) is 1. The fraction of sp³-hybridized carbons (Fsp3) is 0.429. The van der Waals surface area contributed by atoms with E-state index in [2.05, 4.69) is 0 Å². The lowest BCUT2D eigenvalue weighted by atomic mass is 9.99. The molecule has 0 bridgehead atoms. The second kappa shape index (κ2) is 4.35. The maximum atomic E-state index is 12.4. The first-order valence-corrected chi connectivity index (χ1v) is 6.45. The molecule has 3 rings (SSSR count). The summed E-state index contributed by atoms with van der Waals surface area (Å²) < 4.78 is 5.34. The number of amides is 2. The number of anilines is 1.